The van der Waals surface area contributed by atoms with Gasteiger partial charge in [0, 0.05) is 31.7 Å². The third-order valence-electron chi connectivity index (χ3n) is 6.35. The summed E-state index contributed by atoms with van der Waals surface area (Å²) < 4.78 is 34.4. The second-order valence-corrected chi connectivity index (χ2v) is 11.9. The first kappa shape index (κ1) is 30.0. The van der Waals surface area contributed by atoms with E-state index in [9.17, 15) is 13.2 Å². The second-order valence-electron chi connectivity index (χ2n) is 8.97. The van der Waals surface area contributed by atoms with Crippen molar-refractivity contribution in [3.8, 4) is 5.75 Å². The van der Waals surface area contributed by atoms with Crippen LogP contribution < -0.4 is 9.64 Å². The van der Waals surface area contributed by atoms with E-state index in [1.165, 1.54) is 27.8 Å². The molecule has 0 aliphatic rings. The van der Waals surface area contributed by atoms with Crippen LogP contribution in [0, 0.1) is 0 Å². The standard InChI is InChI=1S/C28H40N4O4S2/c1-6-17-31(18-7-2)38(34,35)24-14-11-22(12-15-24)27(33)32(20-19-30(8-3)9-4)28-29-25-16-13-23(36-10-5)21-26(25)37-28/h11-16,21H,6-10,17-20H2,1-5H3. The first-order valence-electron chi connectivity index (χ1n) is 13.5. The highest BCUT2D eigenvalue weighted by Gasteiger charge is 2.25. The summed E-state index contributed by atoms with van der Waals surface area (Å²) in [5.41, 5.74) is 1.23. The topological polar surface area (TPSA) is 83.1 Å². The number of nitrogens with zero attached hydrogens (tertiary/aromatic N) is 4. The molecule has 3 rings (SSSR count). The Balaban J connectivity index is 1.93. The van der Waals surface area contributed by atoms with Crippen LogP contribution in [0.5, 0.6) is 5.75 Å². The van der Waals surface area contributed by atoms with E-state index < -0.39 is 10.0 Å². The number of hydrogen-bond donors (Lipinski definition) is 0. The number of carbonyl (C=O) groups is 1. The van der Waals surface area contributed by atoms with Gasteiger partial charge in [0.15, 0.2) is 5.13 Å². The van der Waals surface area contributed by atoms with Crippen molar-refractivity contribution in [2.24, 2.45) is 0 Å². The van der Waals surface area contributed by atoms with Gasteiger partial charge in [-0.2, -0.15) is 4.31 Å². The predicted molar refractivity (Wildman–Crippen MR) is 156 cm³/mol. The van der Waals surface area contributed by atoms with E-state index in [1.807, 2.05) is 39.0 Å². The molecule has 3 aromatic rings. The lowest BCUT2D eigenvalue weighted by Gasteiger charge is -2.25. The summed E-state index contributed by atoms with van der Waals surface area (Å²) in [5.74, 6) is 0.567. The lowest BCUT2D eigenvalue weighted by atomic mass is 10.2. The fourth-order valence-corrected chi connectivity index (χ4v) is 6.90. The van der Waals surface area contributed by atoms with Crippen molar-refractivity contribution in [1.29, 1.82) is 0 Å². The van der Waals surface area contributed by atoms with Crippen molar-refractivity contribution < 1.29 is 17.9 Å². The largest absolute Gasteiger partial charge is 0.494 e. The number of amides is 1. The van der Waals surface area contributed by atoms with Gasteiger partial charge >= 0.3 is 0 Å². The number of fused-ring (bicyclic) bond motifs is 1. The maximum Gasteiger partial charge on any atom is 0.260 e. The maximum absolute atomic E-state index is 13.8. The second kappa shape index (κ2) is 14.0. The molecule has 1 heterocycles. The molecular formula is C28H40N4O4S2. The Bertz CT molecular complexity index is 1280. The van der Waals surface area contributed by atoms with Gasteiger partial charge in [-0.1, -0.05) is 39.0 Å². The SMILES string of the molecule is CCCN(CCC)S(=O)(=O)c1ccc(C(=O)N(CCN(CC)CC)c2nc3ccc(OCC)cc3s2)cc1. The molecular weight excluding hydrogens is 520 g/mol. The zero-order chi connectivity index (χ0) is 27.7. The van der Waals surface area contributed by atoms with Crippen molar-refractivity contribution in [3.05, 3.63) is 48.0 Å². The molecule has 0 unspecified atom stereocenters. The van der Waals surface area contributed by atoms with Crippen molar-refractivity contribution >= 4 is 42.6 Å². The molecule has 38 heavy (non-hydrogen) atoms. The summed E-state index contributed by atoms with van der Waals surface area (Å²) >= 11 is 1.45. The van der Waals surface area contributed by atoms with E-state index in [0.29, 0.717) is 43.5 Å². The van der Waals surface area contributed by atoms with Crippen LogP contribution in [0.1, 0.15) is 57.8 Å². The van der Waals surface area contributed by atoms with Crippen LogP contribution in [0.3, 0.4) is 0 Å². The van der Waals surface area contributed by atoms with Gasteiger partial charge in [0.25, 0.3) is 5.91 Å². The molecule has 8 nitrogen and oxygen atoms in total. The Morgan fingerprint density at radius 3 is 2.13 bits per heavy atom. The van der Waals surface area contributed by atoms with E-state index in [4.69, 9.17) is 9.72 Å². The Morgan fingerprint density at radius 1 is 0.895 bits per heavy atom. The maximum atomic E-state index is 13.8. The minimum Gasteiger partial charge on any atom is -0.494 e. The summed E-state index contributed by atoms with van der Waals surface area (Å²) in [6, 6.07) is 12.0. The Hall–Kier alpha value is -2.53. The molecule has 10 heteroatoms. The molecule has 0 saturated carbocycles. The number of thiazole rings is 1. The number of anilines is 1. The number of rotatable bonds is 15. The molecule has 0 atom stereocenters. The molecule has 0 fully saturated rings. The van der Waals surface area contributed by atoms with Crippen molar-refractivity contribution in [2.75, 3.05) is 50.8 Å². The predicted octanol–water partition coefficient (Wildman–Crippen LogP) is 5.49. The van der Waals surface area contributed by atoms with Gasteiger partial charge in [-0.3, -0.25) is 9.69 Å². The molecule has 208 valence electrons. The van der Waals surface area contributed by atoms with Crippen LogP contribution in [-0.2, 0) is 10.0 Å². The van der Waals surface area contributed by atoms with E-state index in [0.717, 1.165) is 41.9 Å². The number of sulfonamides is 1. The Kier molecular flexibility index (Phi) is 11.1. The molecule has 0 aliphatic carbocycles. The highest BCUT2D eigenvalue weighted by Crippen LogP contribution is 2.32. The minimum absolute atomic E-state index is 0.203. The van der Waals surface area contributed by atoms with Gasteiger partial charge < -0.3 is 9.64 Å². The van der Waals surface area contributed by atoms with Gasteiger partial charge in [0.05, 0.1) is 21.7 Å². The number of hydrogen-bond acceptors (Lipinski definition) is 7. The average molecular weight is 561 g/mol. The van der Waals surface area contributed by atoms with Gasteiger partial charge in [-0.25, -0.2) is 13.4 Å². The molecule has 1 aromatic heterocycles. The molecule has 1 amide bonds. The molecule has 0 radical (unpaired) electrons. The number of ether oxygens (including phenoxy) is 1. The summed E-state index contributed by atoms with van der Waals surface area (Å²) in [6.45, 7) is 14.5. The average Bonchev–Trinajstić information content (AvgIpc) is 3.34. The monoisotopic (exact) mass is 560 g/mol. The van der Waals surface area contributed by atoms with Crippen LogP contribution in [0.4, 0.5) is 5.13 Å². The van der Waals surface area contributed by atoms with E-state index in [1.54, 1.807) is 17.0 Å². The van der Waals surface area contributed by atoms with Crippen LogP contribution in [0.15, 0.2) is 47.4 Å². The van der Waals surface area contributed by atoms with Crippen molar-refractivity contribution in [1.82, 2.24) is 14.2 Å². The quantitative estimate of drug-likeness (QED) is 0.244. The summed E-state index contributed by atoms with van der Waals surface area (Å²) in [7, 11) is -3.62. The van der Waals surface area contributed by atoms with Crippen molar-refractivity contribution in [2.45, 2.75) is 52.4 Å². The highest BCUT2D eigenvalue weighted by molar-refractivity contribution is 7.89. The fourth-order valence-electron chi connectivity index (χ4n) is 4.26. The number of benzene rings is 2. The van der Waals surface area contributed by atoms with Crippen LogP contribution >= 0.6 is 11.3 Å². The van der Waals surface area contributed by atoms with E-state index in [2.05, 4.69) is 18.7 Å². The van der Waals surface area contributed by atoms with Gasteiger partial charge in [-0.15, -0.1) is 0 Å². The van der Waals surface area contributed by atoms with Gasteiger partial charge in [0.1, 0.15) is 5.75 Å². The van der Waals surface area contributed by atoms with Crippen molar-refractivity contribution in [3.63, 3.8) is 0 Å². The van der Waals surface area contributed by atoms with E-state index in [-0.39, 0.29) is 10.8 Å². The summed E-state index contributed by atoms with van der Waals surface area (Å²) in [5, 5.41) is 0.611. The molecule has 0 aliphatic heterocycles. The first-order valence-corrected chi connectivity index (χ1v) is 15.7. The fraction of sp³-hybridized carbons (Fsp3) is 0.500. The Labute approximate surface area is 231 Å². The molecule has 0 bridgehead atoms. The zero-order valence-electron chi connectivity index (χ0n) is 23.1. The third-order valence-corrected chi connectivity index (χ3v) is 9.31. The smallest absolute Gasteiger partial charge is 0.260 e. The molecule has 0 N–H and O–H groups in total. The third kappa shape index (κ3) is 7.11. The summed E-state index contributed by atoms with van der Waals surface area (Å²) in [6.07, 6.45) is 1.48. The Morgan fingerprint density at radius 2 is 1.55 bits per heavy atom. The number of carbonyl (C=O) groups excluding carboxylic acids is 1. The minimum atomic E-state index is -3.62. The van der Waals surface area contributed by atoms with Gasteiger partial charge in [-0.05, 0) is 75.3 Å². The zero-order valence-corrected chi connectivity index (χ0v) is 24.8. The lowest BCUT2D eigenvalue weighted by Crippen LogP contribution is -2.39. The summed E-state index contributed by atoms with van der Waals surface area (Å²) in [4.78, 5) is 22.7. The van der Waals surface area contributed by atoms with Crippen LogP contribution in [0.2, 0.25) is 0 Å². The molecule has 2 aromatic carbocycles. The number of aromatic nitrogens is 1. The number of likely N-dealkylation sites (N-methyl/N-ethyl adjacent to an activating group) is 1. The van der Waals surface area contributed by atoms with Gasteiger partial charge in [0.2, 0.25) is 10.0 Å². The molecule has 0 spiro atoms. The normalized spacial score (nSPS) is 12.0. The van der Waals surface area contributed by atoms with E-state index >= 15 is 0 Å². The molecule has 0 saturated heterocycles. The highest BCUT2D eigenvalue weighted by atomic mass is 32.2. The first-order chi connectivity index (χ1) is 18.3. The van der Waals surface area contributed by atoms with Crippen LogP contribution in [-0.4, -0.2) is 74.4 Å². The lowest BCUT2D eigenvalue weighted by molar-refractivity contribution is 0.0983. The van der Waals surface area contributed by atoms with Crippen LogP contribution in [0.25, 0.3) is 10.2 Å².